The molecule has 1 amide bonds. The van der Waals surface area contributed by atoms with E-state index in [1.807, 2.05) is 13.0 Å². The predicted octanol–water partition coefficient (Wildman–Crippen LogP) is 2.28. The third-order valence-electron chi connectivity index (χ3n) is 3.28. The van der Waals surface area contributed by atoms with Gasteiger partial charge in [0.25, 0.3) is 0 Å². The number of rotatable bonds is 2. The van der Waals surface area contributed by atoms with Crippen molar-refractivity contribution in [3.63, 3.8) is 0 Å². The van der Waals surface area contributed by atoms with Crippen LogP contribution >= 0.6 is 22.0 Å². The molecule has 8 heteroatoms. The van der Waals surface area contributed by atoms with Gasteiger partial charge >= 0.3 is 0 Å². The highest BCUT2D eigenvalue weighted by Crippen LogP contribution is 2.30. The second-order valence-electron chi connectivity index (χ2n) is 4.69. The maximum Gasteiger partial charge on any atom is 0.237 e. The Kier molecular flexibility index (Phi) is 3.23. The molecule has 0 bridgehead atoms. The maximum atomic E-state index is 12.0. The molecule has 0 N–H and O–H groups in total. The molecule has 20 heavy (non-hydrogen) atoms. The molecule has 106 valence electrons. The molecule has 0 spiro atoms. The normalized spacial score (nSPS) is 20.0. The van der Waals surface area contributed by atoms with Crippen LogP contribution in [0.4, 0.5) is 5.69 Å². The zero-order valence-electron chi connectivity index (χ0n) is 10.5. The van der Waals surface area contributed by atoms with Crippen molar-refractivity contribution in [1.82, 2.24) is 4.98 Å². The van der Waals surface area contributed by atoms with Crippen LogP contribution in [-0.2, 0) is 13.8 Å². The van der Waals surface area contributed by atoms with E-state index in [4.69, 9.17) is 10.7 Å². The first-order valence-corrected chi connectivity index (χ1v) is 9.14. The molecule has 2 heterocycles. The molecule has 1 fully saturated rings. The third-order valence-corrected chi connectivity index (χ3v) is 6.10. The Morgan fingerprint density at radius 2 is 2.20 bits per heavy atom. The summed E-state index contributed by atoms with van der Waals surface area (Å²) in [7, 11) is 1.62. The van der Waals surface area contributed by atoms with E-state index < -0.39 is 14.3 Å². The predicted molar refractivity (Wildman–Crippen MR) is 79.9 cm³/mol. The Hall–Kier alpha value is -1.18. The van der Waals surface area contributed by atoms with Crippen molar-refractivity contribution in [2.75, 3.05) is 11.4 Å². The van der Waals surface area contributed by atoms with Gasteiger partial charge in [-0.05, 0) is 25.1 Å². The van der Waals surface area contributed by atoms with Gasteiger partial charge in [0.2, 0.25) is 15.0 Å². The lowest BCUT2D eigenvalue weighted by Gasteiger charge is -2.15. The second-order valence-corrected chi connectivity index (χ2v) is 8.83. The van der Waals surface area contributed by atoms with Gasteiger partial charge in [-0.3, -0.25) is 4.79 Å². The first-order valence-electron chi connectivity index (χ1n) is 5.95. The molecule has 0 saturated carbocycles. The minimum absolute atomic E-state index is 0.0695. The summed E-state index contributed by atoms with van der Waals surface area (Å²) in [6.45, 7) is 2.01. The summed E-state index contributed by atoms with van der Waals surface area (Å²) in [5.74, 6) is -0.231. The number of carbonyl (C=O) groups excluding carboxylic acids is 1. The molecule has 1 aliphatic heterocycles. The number of halogens is 1. The van der Waals surface area contributed by atoms with E-state index in [1.165, 1.54) is 4.90 Å². The molecule has 0 radical (unpaired) electrons. The van der Waals surface area contributed by atoms with E-state index in [9.17, 15) is 13.2 Å². The number of nitrogens with zero attached hydrogens (tertiary/aromatic N) is 2. The third kappa shape index (κ3) is 2.41. The van der Waals surface area contributed by atoms with E-state index in [-0.39, 0.29) is 18.9 Å². The Bertz CT molecular complexity index is 800. The number of anilines is 1. The van der Waals surface area contributed by atoms with Gasteiger partial charge in [0.1, 0.15) is 5.25 Å². The minimum Gasteiger partial charge on any atom is -0.311 e. The molecular weight excluding hydrogens is 320 g/mol. The number of hydrogen-bond acceptors (Lipinski definition) is 5. The number of fused-ring (bicyclic) bond motifs is 1. The zero-order chi connectivity index (χ0) is 14.5. The van der Waals surface area contributed by atoms with Crippen LogP contribution in [0.1, 0.15) is 11.4 Å². The Balaban J connectivity index is 1.97. The number of hydrogen-bond donors (Lipinski definition) is 0. The van der Waals surface area contributed by atoms with Gasteiger partial charge in [0.15, 0.2) is 0 Å². The van der Waals surface area contributed by atoms with Gasteiger partial charge in [-0.15, -0.1) is 11.3 Å². The van der Waals surface area contributed by atoms with Gasteiger partial charge in [0, 0.05) is 29.3 Å². The average Bonchev–Trinajstić information content (AvgIpc) is 2.89. The lowest BCUT2D eigenvalue weighted by molar-refractivity contribution is -0.117. The lowest BCUT2D eigenvalue weighted by atomic mass is 10.3. The Labute approximate surface area is 124 Å². The minimum atomic E-state index is -3.72. The van der Waals surface area contributed by atoms with Crippen LogP contribution in [-0.4, -0.2) is 31.1 Å². The Morgan fingerprint density at radius 3 is 2.85 bits per heavy atom. The van der Waals surface area contributed by atoms with Gasteiger partial charge in [-0.2, -0.15) is 0 Å². The molecule has 1 aliphatic rings. The quantitative estimate of drug-likeness (QED) is 0.792. The van der Waals surface area contributed by atoms with Crippen LogP contribution in [0.5, 0.6) is 0 Å². The van der Waals surface area contributed by atoms with Crippen LogP contribution in [0.2, 0.25) is 0 Å². The largest absolute Gasteiger partial charge is 0.311 e. The van der Waals surface area contributed by atoms with Gasteiger partial charge < -0.3 is 4.90 Å². The topological polar surface area (TPSA) is 67.3 Å². The summed E-state index contributed by atoms with van der Waals surface area (Å²) in [5.41, 5.74) is 1.48. The molecule has 1 aromatic carbocycles. The molecule has 3 rings (SSSR count). The molecule has 0 aliphatic carbocycles. The van der Waals surface area contributed by atoms with Crippen molar-refractivity contribution < 1.29 is 13.2 Å². The van der Waals surface area contributed by atoms with Crippen molar-refractivity contribution in [1.29, 1.82) is 0 Å². The monoisotopic (exact) mass is 330 g/mol. The highest BCUT2D eigenvalue weighted by molar-refractivity contribution is 8.14. The molecule has 1 unspecified atom stereocenters. The van der Waals surface area contributed by atoms with E-state index >= 15 is 0 Å². The van der Waals surface area contributed by atoms with Crippen molar-refractivity contribution in [2.24, 2.45) is 0 Å². The van der Waals surface area contributed by atoms with Crippen LogP contribution in [0, 0.1) is 6.92 Å². The molecule has 1 saturated heterocycles. The number of benzene rings is 1. The summed E-state index contributed by atoms with van der Waals surface area (Å²) in [4.78, 5) is 17.8. The number of aryl methyl sites for hydroxylation is 1. The van der Waals surface area contributed by atoms with Crippen LogP contribution in [0.15, 0.2) is 18.2 Å². The molecule has 5 nitrogen and oxygen atoms in total. The molecule has 2 aromatic rings. The summed E-state index contributed by atoms with van der Waals surface area (Å²) in [6, 6.07) is 5.51. The van der Waals surface area contributed by atoms with Crippen LogP contribution < -0.4 is 4.90 Å². The molecule has 1 atom stereocenters. The van der Waals surface area contributed by atoms with Crippen molar-refractivity contribution in [3.05, 3.63) is 23.2 Å². The molecule has 1 aromatic heterocycles. The van der Waals surface area contributed by atoms with Gasteiger partial charge in [-0.1, -0.05) is 0 Å². The van der Waals surface area contributed by atoms with E-state index in [1.54, 1.807) is 23.5 Å². The smallest absolute Gasteiger partial charge is 0.237 e. The summed E-state index contributed by atoms with van der Waals surface area (Å²) in [5, 5.41) is 0.107. The SMILES string of the molecule is Cc1nc2cc(N3CC(S(=O)(=O)Cl)CC3=O)ccc2s1. The average molecular weight is 331 g/mol. The second kappa shape index (κ2) is 4.68. The summed E-state index contributed by atoms with van der Waals surface area (Å²) < 4.78 is 23.7. The van der Waals surface area contributed by atoms with E-state index in [0.717, 1.165) is 15.2 Å². The van der Waals surface area contributed by atoms with E-state index in [2.05, 4.69) is 4.98 Å². The van der Waals surface area contributed by atoms with Crippen molar-refractivity contribution in [3.8, 4) is 0 Å². The van der Waals surface area contributed by atoms with Gasteiger partial charge in [-0.25, -0.2) is 13.4 Å². The number of aromatic nitrogens is 1. The maximum absolute atomic E-state index is 12.0. The summed E-state index contributed by atoms with van der Waals surface area (Å²) in [6.07, 6.45) is -0.0695. The highest BCUT2D eigenvalue weighted by atomic mass is 35.7. The fraction of sp³-hybridized carbons (Fsp3) is 0.333. The van der Waals surface area contributed by atoms with Gasteiger partial charge in [0.05, 0.1) is 15.2 Å². The van der Waals surface area contributed by atoms with E-state index in [0.29, 0.717) is 5.69 Å². The number of carbonyl (C=O) groups is 1. The van der Waals surface area contributed by atoms with Crippen molar-refractivity contribution >= 4 is 52.9 Å². The van der Waals surface area contributed by atoms with Crippen LogP contribution in [0.3, 0.4) is 0 Å². The van der Waals surface area contributed by atoms with Crippen LogP contribution in [0.25, 0.3) is 10.2 Å². The standard InChI is InChI=1S/C12H11ClN2O3S2/c1-7-14-10-4-8(2-3-11(10)19-7)15-6-9(5-12(15)16)20(13,17)18/h2-4,9H,5-6H2,1H3. The molecular formula is C12H11ClN2O3S2. The summed E-state index contributed by atoms with van der Waals surface area (Å²) >= 11 is 1.58. The first kappa shape index (κ1) is 13.8. The Morgan fingerprint density at radius 1 is 1.45 bits per heavy atom. The number of amides is 1. The fourth-order valence-corrected chi connectivity index (χ4v) is 4.15. The zero-order valence-corrected chi connectivity index (χ0v) is 12.9. The fourth-order valence-electron chi connectivity index (χ4n) is 2.31. The lowest BCUT2D eigenvalue weighted by Crippen LogP contribution is -2.26. The van der Waals surface area contributed by atoms with Crippen molar-refractivity contribution in [2.45, 2.75) is 18.6 Å². The first-order chi connectivity index (χ1) is 9.34. The highest BCUT2D eigenvalue weighted by Gasteiger charge is 2.38. The number of thiazole rings is 1.